The van der Waals surface area contributed by atoms with Crippen LogP contribution in [0.4, 0.5) is 0 Å². The lowest BCUT2D eigenvalue weighted by atomic mass is 10.1. The van der Waals surface area contributed by atoms with E-state index in [9.17, 15) is 0 Å². The van der Waals surface area contributed by atoms with Gasteiger partial charge in [0.1, 0.15) is 12.4 Å². The summed E-state index contributed by atoms with van der Waals surface area (Å²) in [5.41, 5.74) is 2.30. The van der Waals surface area contributed by atoms with Crippen LogP contribution in [0.2, 0.25) is 0 Å². The zero-order chi connectivity index (χ0) is 14.5. The van der Waals surface area contributed by atoms with E-state index in [-0.39, 0.29) is 0 Å². The molecule has 3 nitrogen and oxygen atoms in total. The summed E-state index contributed by atoms with van der Waals surface area (Å²) in [6.45, 7) is 5.11. The number of aromatic nitrogens is 2. The average molecular weight is 278 g/mol. The minimum absolute atomic E-state index is 0.597. The van der Waals surface area contributed by atoms with Gasteiger partial charge in [-0.3, -0.25) is 4.68 Å². The third-order valence-corrected chi connectivity index (χ3v) is 3.45. The van der Waals surface area contributed by atoms with Crippen molar-refractivity contribution >= 4 is 10.9 Å². The largest absolute Gasteiger partial charge is 0.491 e. The Morgan fingerprint density at radius 3 is 2.81 bits per heavy atom. The molecule has 0 amide bonds. The van der Waals surface area contributed by atoms with Gasteiger partial charge >= 0.3 is 0 Å². The van der Waals surface area contributed by atoms with E-state index >= 15 is 0 Å². The summed E-state index contributed by atoms with van der Waals surface area (Å²) >= 11 is 0. The molecule has 2 aromatic carbocycles. The fraction of sp³-hybridized carbons (Fsp3) is 0.167. The number of benzene rings is 2. The Morgan fingerprint density at radius 1 is 1.10 bits per heavy atom. The van der Waals surface area contributed by atoms with Crippen molar-refractivity contribution in [2.45, 2.75) is 13.0 Å². The third kappa shape index (κ3) is 2.97. The summed E-state index contributed by atoms with van der Waals surface area (Å²) in [7, 11) is 0. The van der Waals surface area contributed by atoms with Crippen molar-refractivity contribution in [3.8, 4) is 5.75 Å². The van der Waals surface area contributed by atoms with Crippen LogP contribution in [-0.4, -0.2) is 16.4 Å². The van der Waals surface area contributed by atoms with Crippen LogP contribution in [0.1, 0.15) is 5.56 Å². The number of allylic oxidation sites excluding steroid dienone is 1. The summed E-state index contributed by atoms with van der Waals surface area (Å²) in [4.78, 5) is 0. The lowest BCUT2D eigenvalue weighted by Crippen LogP contribution is -2.10. The summed E-state index contributed by atoms with van der Waals surface area (Å²) in [5.74, 6) is 0.925. The Bertz CT molecular complexity index is 746. The van der Waals surface area contributed by atoms with Crippen molar-refractivity contribution < 1.29 is 4.74 Å². The molecule has 0 aliphatic rings. The Balaban J connectivity index is 1.67. The van der Waals surface area contributed by atoms with Crippen LogP contribution >= 0.6 is 0 Å². The Labute approximate surface area is 124 Å². The fourth-order valence-electron chi connectivity index (χ4n) is 2.41. The molecule has 3 aromatic rings. The molecular formula is C18H18N2O. The van der Waals surface area contributed by atoms with Crippen molar-refractivity contribution in [3.63, 3.8) is 0 Å². The first kappa shape index (κ1) is 13.4. The van der Waals surface area contributed by atoms with Gasteiger partial charge in [0, 0.05) is 5.39 Å². The monoisotopic (exact) mass is 278 g/mol. The number of fused-ring (bicyclic) bond motifs is 1. The fourth-order valence-corrected chi connectivity index (χ4v) is 2.41. The van der Waals surface area contributed by atoms with E-state index in [1.807, 2.05) is 47.3 Å². The molecule has 21 heavy (non-hydrogen) atoms. The van der Waals surface area contributed by atoms with Crippen LogP contribution < -0.4 is 4.74 Å². The highest BCUT2D eigenvalue weighted by molar-refractivity contribution is 5.78. The molecule has 0 unspecified atom stereocenters. The second-order valence-corrected chi connectivity index (χ2v) is 4.88. The summed E-state index contributed by atoms with van der Waals surface area (Å²) in [5, 5.41) is 5.56. The molecule has 3 rings (SSSR count). The van der Waals surface area contributed by atoms with Crippen molar-refractivity contribution in [3.05, 3.63) is 72.9 Å². The molecule has 1 heterocycles. The number of ether oxygens (including phenoxy) is 1. The van der Waals surface area contributed by atoms with E-state index in [2.05, 4.69) is 29.9 Å². The lowest BCUT2D eigenvalue weighted by Gasteiger charge is -2.10. The molecule has 0 N–H and O–H groups in total. The molecule has 0 radical (unpaired) electrons. The molecule has 0 aliphatic heterocycles. The predicted octanol–water partition coefficient (Wildman–Crippen LogP) is 3.84. The van der Waals surface area contributed by atoms with Crippen molar-refractivity contribution in [2.75, 3.05) is 6.61 Å². The van der Waals surface area contributed by atoms with E-state index in [0.717, 1.165) is 35.2 Å². The molecular weight excluding hydrogens is 260 g/mol. The van der Waals surface area contributed by atoms with Crippen LogP contribution in [0.3, 0.4) is 0 Å². The smallest absolute Gasteiger partial charge is 0.122 e. The molecule has 0 saturated carbocycles. The van der Waals surface area contributed by atoms with Gasteiger partial charge in [0.2, 0.25) is 0 Å². The van der Waals surface area contributed by atoms with Crippen LogP contribution in [0.15, 0.2) is 67.4 Å². The van der Waals surface area contributed by atoms with E-state index in [1.54, 1.807) is 0 Å². The van der Waals surface area contributed by atoms with E-state index in [0.29, 0.717) is 6.61 Å². The summed E-state index contributed by atoms with van der Waals surface area (Å²) in [6, 6.07) is 16.3. The number of nitrogens with zero attached hydrogens (tertiary/aromatic N) is 2. The van der Waals surface area contributed by atoms with Gasteiger partial charge in [-0.2, -0.15) is 5.10 Å². The van der Waals surface area contributed by atoms with E-state index < -0.39 is 0 Å². The maximum absolute atomic E-state index is 5.90. The zero-order valence-corrected chi connectivity index (χ0v) is 11.9. The van der Waals surface area contributed by atoms with Crippen LogP contribution in [-0.2, 0) is 13.0 Å². The van der Waals surface area contributed by atoms with E-state index in [1.165, 1.54) is 0 Å². The number of hydrogen-bond acceptors (Lipinski definition) is 2. The van der Waals surface area contributed by atoms with Gasteiger partial charge in [-0.25, -0.2) is 0 Å². The first-order chi connectivity index (χ1) is 10.4. The van der Waals surface area contributed by atoms with Gasteiger partial charge in [-0.15, -0.1) is 6.58 Å². The first-order valence-corrected chi connectivity index (χ1v) is 7.10. The Kier molecular flexibility index (Phi) is 4.01. The quantitative estimate of drug-likeness (QED) is 0.640. The van der Waals surface area contributed by atoms with Crippen molar-refractivity contribution in [2.24, 2.45) is 0 Å². The molecule has 1 aromatic heterocycles. The molecule has 0 atom stereocenters. The number of hydrogen-bond donors (Lipinski definition) is 0. The highest BCUT2D eigenvalue weighted by Gasteiger charge is 2.04. The molecule has 0 fully saturated rings. The number of rotatable bonds is 6. The number of para-hydroxylation sites is 2. The molecule has 0 bridgehead atoms. The van der Waals surface area contributed by atoms with Crippen LogP contribution in [0, 0.1) is 0 Å². The van der Waals surface area contributed by atoms with Crippen molar-refractivity contribution in [1.29, 1.82) is 0 Å². The summed E-state index contributed by atoms with van der Waals surface area (Å²) < 4.78 is 7.88. The van der Waals surface area contributed by atoms with Gasteiger partial charge < -0.3 is 4.74 Å². The lowest BCUT2D eigenvalue weighted by molar-refractivity contribution is 0.291. The highest BCUT2D eigenvalue weighted by atomic mass is 16.5. The average Bonchev–Trinajstić information content (AvgIpc) is 2.93. The predicted molar refractivity (Wildman–Crippen MR) is 85.6 cm³/mol. The van der Waals surface area contributed by atoms with Crippen LogP contribution in [0.5, 0.6) is 5.75 Å². The van der Waals surface area contributed by atoms with Gasteiger partial charge in [0.05, 0.1) is 18.3 Å². The van der Waals surface area contributed by atoms with Gasteiger partial charge in [-0.05, 0) is 24.1 Å². The minimum atomic E-state index is 0.597. The highest BCUT2D eigenvalue weighted by Crippen LogP contribution is 2.19. The minimum Gasteiger partial charge on any atom is -0.491 e. The summed E-state index contributed by atoms with van der Waals surface area (Å²) in [6.07, 6.45) is 4.60. The maximum atomic E-state index is 5.90. The van der Waals surface area contributed by atoms with E-state index in [4.69, 9.17) is 4.74 Å². The second-order valence-electron chi connectivity index (χ2n) is 4.88. The molecule has 0 spiro atoms. The normalized spacial score (nSPS) is 10.7. The van der Waals surface area contributed by atoms with Gasteiger partial charge in [0.15, 0.2) is 0 Å². The van der Waals surface area contributed by atoms with Gasteiger partial charge in [0.25, 0.3) is 0 Å². The topological polar surface area (TPSA) is 27.1 Å². The molecule has 3 heteroatoms. The second kappa shape index (κ2) is 6.27. The standard InChI is InChI=1S/C18H18N2O/c1-2-7-15-8-4-6-11-18(15)21-13-12-20-17-10-5-3-9-16(17)14-19-20/h2-6,8-11,14H,1,7,12-13H2. The first-order valence-electron chi connectivity index (χ1n) is 7.10. The van der Waals surface area contributed by atoms with Crippen molar-refractivity contribution in [1.82, 2.24) is 9.78 Å². The Morgan fingerprint density at radius 2 is 1.90 bits per heavy atom. The maximum Gasteiger partial charge on any atom is 0.122 e. The van der Waals surface area contributed by atoms with Crippen LogP contribution in [0.25, 0.3) is 10.9 Å². The zero-order valence-electron chi connectivity index (χ0n) is 11.9. The Hall–Kier alpha value is -2.55. The molecule has 0 saturated heterocycles. The SMILES string of the molecule is C=CCc1ccccc1OCCn1ncc2ccccc21. The third-order valence-electron chi connectivity index (χ3n) is 3.45. The van der Waals surface area contributed by atoms with Gasteiger partial charge in [-0.1, -0.05) is 42.5 Å². The molecule has 106 valence electrons. The molecule has 0 aliphatic carbocycles.